The molecule has 0 unspecified atom stereocenters. The second-order valence-electron chi connectivity index (χ2n) is 14.6. The van der Waals surface area contributed by atoms with Gasteiger partial charge in [0.25, 0.3) is 0 Å². The Balaban J connectivity index is 2.10. The van der Waals surface area contributed by atoms with E-state index in [1.165, 1.54) is 128 Å². The Kier molecular flexibility index (Phi) is 31.3. The number of esters is 2. The van der Waals surface area contributed by atoms with E-state index in [2.05, 4.69) is 26.0 Å². The summed E-state index contributed by atoms with van der Waals surface area (Å²) in [5.41, 5.74) is 0. The van der Waals surface area contributed by atoms with Crippen molar-refractivity contribution in [3.8, 4) is 0 Å². The highest BCUT2D eigenvalue weighted by molar-refractivity contribution is 5.70. The first-order valence-electron chi connectivity index (χ1n) is 21.0. The van der Waals surface area contributed by atoms with Gasteiger partial charge in [0.2, 0.25) is 0 Å². The van der Waals surface area contributed by atoms with Crippen molar-refractivity contribution in [3.05, 3.63) is 12.2 Å². The highest BCUT2D eigenvalue weighted by Gasteiger charge is 2.45. The van der Waals surface area contributed by atoms with E-state index in [0.717, 1.165) is 51.4 Å². The summed E-state index contributed by atoms with van der Waals surface area (Å²) in [6.45, 7) is 4.04. The predicted octanol–water partition coefficient (Wildman–Crippen LogP) is 10.9. The van der Waals surface area contributed by atoms with Crippen molar-refractivity contribution in [2.24, 2.45) is 0 Å². The maximum absolute atomic E-state index is 12.6. The van der Waals surface area contributed by atoms with Crippen LogP contribution in [-0.4, -0.2) is 59.8 Å². The molecule has 7 heteroatoms. The molecule has 49 heavy (non-hydrogen) atoms. The van der Waals surface area contributed by atoms with Crippen LogP contribution < -0.4 is 0 Å². The topological polar surface area (TPSA) is 102 Å². The summed E-state index contributed by atoms with van der Waals surface area (Å²) in [4.78, 5) is 25.1. The highest BCUT2D eigenvalue weighted by Crippen LogP contribution is 2.24. The van der Waals surface area contributed by atoms with Gasteiger partial charge in [0.05, 0.1) is 13.2 Å². The summed E-state index contributed by atoms with van der Waals surface area (Å²) in [7, 11) is 0. The zero-order chi connectivity index (χ0) is 35.6. The van der Waals surface area contributed by atoms with Crippen LogP contribution in [0, 0.1) is 0 Å². The van der Waals surface area contributed by atoms with Gasteiger partial charge in [-0.05, 0) is 38.5 Å². The van der Waals surface area contributed by atoms with Gasteiger partial charge in [-0.25, -0.2) is 0 Å². The Bertz CT molecular complexity index is 785. The first-order chi connectivity index (χ1) is 24.0. The average molecular weight is 695 g/mol. The molecule has 0 bridgehead atoms. The van der Waals surface area contributed by atoms with Crippen LogP contribution in [0.1, 0.15) is 206 Å². The van der Waals surface area contributed by atoms with Gasteiger partial charge in [-0.1, -0.05) is 167 Å². The Morgan fingerprint density at radius 2 is 1.00 bits per heavy atom. The SMILES string of the molecule is CCCCCCCCC=CCCCCCCCC(=O)O[C@H](CO)[C@H]1OC[C@H](O)[C@H]1OC(=O)CCCCCCCCCCCCCCCCC. The number of hydrogen-bond acceptors (Lipinski definition) is 7. The molecule has 2 N–H and O–H groups in total. The van der Waals surface area contributed by atoms with E-state index in [9.17, 15) is 19.8 Å². The van der Waals surface area contributed by atoms with Crippen molar-refractivity contribution in [3.63, 3.8) is 0 Å². The molecule has 7 nitrogen and oxygen atoms in total. The van der Waals surface area contributed by atoms with Crippen molar-refractivity contribution in [1.82, 2.24) is 0 Å². The van der Waals surface area contributed by atoms with E-state index >= 15 is 0 Å². The first kappa shape index (κ1) is 45.6. The molecule has 0 aromatic carbocycles. The first-order valence-corrected chi connectivity index (χ1v) is 21.0. The fraction of sp³-hybridized carbons (Fsp3) is 0.905. The van der Waals surface area contributed by atoms with E-state index in [4.69, 9.17) is 14.2 Å². The number of carbonyl (C=O) groups is 2. The molecule has 0 saturated carbocycles. The van der Waals surface area contributed by atoms with Crippen LogP contribution in [0.5, 0.6) is 0 Å². The third kappa shape index (κ3) is 26.1. The lowest BCUT2D eigenvalue weighted by molar-refractivity contribution is -0.171. The Hall–Kier alpha value is -1.44. The van der Waals surface area contributed by atoms with Crippen molar-refractivity contribution in [2.45, 2.75) is 231 Å². The fourth-order valence-electron chi connectivity index (χ4n) is 6.71. The zero-order valence-electron chi connectivity index (χ0n) is 32.0. The number of carbonyl (C=O) groups excluding carboxylic acids is 2. The summed E-state index contributed by atoms with van der Waals surface area (Å²) in [5, 5.41) is 20.4. The van der Waals surface area contributed by atoms with Gasteiger partial charge < -0.3 is 24.4 Å². The number of aliphatic hydroxyl groups excluding tert-OH is 2. The van der Waals surface area contributed by atoms with Gasteiger partial charge in [0.1, 0.15) is 12.2 Å². The van der Waals surface area contributed by atoms with Crippen LogP contribution in [0.3, 0.4) is 0 Å². The van der Waals surface area contributed by atoms with E-state index < -0.39 is 37.0 Å². The zero-order valence-corrected chi connectivity index (χ0v) is 32.0. The van der Waals surface area contributed by atoms with Crippen molar-refractivity contribution < 1.29 is 34.0 Å². The molecule has 0 aromatic heterocycles. The summed E-state index contributed by atoms with van der Waals surface area (Å²) < 4.78 is 16.7. The van der Waals surface area contributed by atoms with Gasteiger partial charge in [0.15, 0.2) is 12.2 Å². The van der Waals surface area contributed by atoms with Gasteiger partial charge in [-0.3, -0.25) is 9.59 Å². The molecule has 0 amide bonds. The summed E-state index contributed by atoms with van der Waals surface area (Å²) in [6, 6.07) is 0. The quantitative estimate of drug-likeness (QED) is 0.0387. The van der Waals surface area contributed by atoms with Crippen LogP contribution in [0.15, 0.2) is 12.2 Å². The summed E-state index contributed by atoms with van der Waals surface area (Å²) in [5.74, 6) is -0.782. The van der Waals surface area contributed by atoms with Crippen LogP contribution in [0.2, 0.25) is 0 Å². The Labute approximate surface area is 301 Å². The maximum Gasteiger partial charge on any atom is 0.306 e. The third-order valence-corrected chi connectivity index (χ3v) is 9.89. The fourth-order valence-corrected chi connectivity index (χ4v) is 6.71. The molecule has 1 rings (SSSR count). The standard InChI is InChI=1S/C42H78O7/c1-3-5-7-9-11-13-15-17-19-21-23-25-27-29-31-33-39(45)48-38(35-43)42-41(37(44)36-47-42)49-40(46)34-32-30-28-26-24-22-20-18-16-14-12-10-8-6-4-2/h17,19,37-38,41-44H,3-16,18,20-36H2,1-2H3/t37-,38+,41+,42+/m0/s1. The maximum atomic E-state index is 12.6. The molecule has 1 aliphatic rings. The number of ether oxygens (including phenoxy) is 3. The summed E-state index contributed by atoms with van der Waals surface area (Å²) >= 11 is 0. The lowest BCUT2D eigenvalue weighted by Gasteiger charge is -2.27. The van der Waals surface area contributed by atoms with E-state index in [-0.39, 0.29) is 25.4 Å². The van der Waals surface area contributed by atoms with Gasteiger partial charge in [-0.15, -0.1) is 0 Å². The molecule has 0 radical (unpaired) electrons. The minimum absolute atomic E-state index is 0.0240. The molecule has 0 aliphatic carbocycles. The number of hydrogen-bond donors (Lipinski definition) is 2. The van der Waals surface area contributed by atoms with Gasteiger partial charge in [0, 0.05) is 12.8 Å². The highest BCUT2D eigenvalue weighted by atomic mass is 16.6. The second kappa shape index (κ2) is 33.7. The predicted molar refractivity (Wildman–Crippen MR) is 202 cm³/mol. The molecule has 1 saturated heterocycles. The van der Waals surface area contributed by atoms with Crippen molar-refractivity contribution in [2.75, 3.05) is 13.2 Å². The number of rotatable bonds is 35. The second-order valence-corrected chi connectivity index (χ2v) is 14.6. The third-order valence-electron chi connectivity index (χ3n) is 9.89. The normalized spacial score (nSPS) is 18.3. The van der Waals surface area contributed by atoms with E-state index in [1.54, 1.807) is 0 Å². The molecular formula is C42H78O7. The monoisotopic (exact) mass is 695 g/mol. The minimum atomic E-state index is -1.01. The van der Waals surface area contributed by atoms with Crippen LogP contribution in [0.25, 0.3) is 0 Å². The molecule has 288 valence electrons. The minimum Gasteiger partial charge on any atom is -0.457 e. The molecule has 4 atom stereocenters. The average Bonchev–Trinajstić information content (AvgIpc) is 3.45. The smallest absolute Gasteiger partial charge is 0.306 e. The molecule has 0 spiro atoms. The molecule has 1 fully saturated rings. The number of unbranched alkanes of at least 4 members (excludes halogenated alkanes) is 25. The Morgan fingerprint density at radius 3 is 1.43 bits per heavy atom. The van der Waals surface area contributed by atoms with Crippen molar-refractivity contribution in [1.29, 1.82) is 0 Å². The molecule has 1 aliphatic heterocycles. The molecule has 0 aromatic rings. The van der Waals surface area contributed by atoms with Crippen molar-refractivity contribution >= 4 is 11.9 Å². The number of allylic oxidation sites excluding steroid dienone is 2. The van der Waals surface area contributed by atoms with Crippen LogP contribution in [-0.2, 0) is 23.8 Å². The van der Waals surface area contributed by atoms with E-state index in [0.29, 0.717) is 0 Å². The van der Waals surface area contributed by atoms with Gasteiger partial charge >= 0.3 is 11.9 Å². The molecule has 1 heterocycles. The molecular weight excluding hydrogens is 616 g/mol. The van der Waals surface area contributed by atoms with Gasteiger partial charge in [-0.2, -0.15) is 0 Å². The van der Waals surface area contributed by atoms with E-state index in [1.807, 2.05) is 0 Å². The largest absolute Gasteiger partial charge is 0.457 e. The lowest BCUT2D eigenvalue weighted by Crippen LogP contribution is -2.45. The van der Waals surface area contributed by atoms with Crippen LogP contribution >= 0.6 is 0 Å². The Morgan fingerprint density at radius 1 is 0.612 bits per heavy atom. The lowest BCUT2D eigenvalue weighted by atomic mass is 10.0. The number of aliphatic hydroxyl groups is 2. The van der Waals surface area contributed by atoms with Crippen LogP contribution in [0.4, 0.5) is 0 Å². The summed E-state index contributed by atoms with van der Waals surface area (Å²) in [6.07, 6.45) is 35.7.